The second-order valence-electron chi connectivity index (χ2n) is 0.930. The molecule has 2 unspecified atom stereocenters. The van der Waals surface area contributed by atoms with Gasteiger partial charge in [0.15, 0.2) is 15.9 Å². The molecule has 0 fully saturated rings. The van der Waals surface area contributed by atoms with Gasteiger partial charge in [0.1, 0.15) is 0 Å². The number of alkyl halides is 2. The third kappa shape index (κ3) is 3.80. The van der Waals surface area contributed by atoms with Gasteiger partial charge >= 0.3 is 0 Å². The van der Waals surface area contributed by atoms with E-state index >= 15 is 0 Å². The normalized spacial score (nSPS) is 17.9. The van der Waals surface area contributed by atoms with Crippen LogP contribution in [-0.2, 0) is 11.1 Å². The van der Waals surface area contributed by atoms with E-state index in [0.717, 1.165) is 0 Å². The Morgan fingerprint density at radius 3 is 2.62 bits per heavy atom. The summed E-state index contributed by atoms with van der Waals surface area (Å²) in [6, 6.07) is 0. The summed E-state index contributed by atoms with van der Waals surface area (Å²) in [5.74, 6) is 0. The fraction of sp³-hybridized carbons (Fsp3) is 1.00. The van der Waals surface area contributed by atoms with Crippen LogP contribution in [0.5, 0.6) is 0 Å². The first-order valence-electron chi connectivity index (χ1n) is 1.71. The van der Waals surface area contributed by atoms with E-state index in [1.165, 1.54) is 0 Å². The summed E-state index contributed by atoms with van der Waals surface area (Å²) in [7, 11) is 0. The molecule has 3 nitrogen and oxygen atoms in total. The first-order valence-corrected chi connectivity index (χ1v) is 4.44. The molecule has 0 aliphatic heterocycles. The van der Waals surface area contributed by atoms with Crippen molar-refractivity contribution in [3.63, 3.8) is 0 Å². The molecule has 0 saturated carbocycles. The Morgan fingerprint density at radius 1 is 2.00 bits per heavy atom. The van der Waals surface area contributed by atoms with Gasteiger partial charge in [0.25, 0.3) is 0 Å². The monoisotopic (exact) mass is 221 g/mol. The average Bonchev–Trinajstić information content (AvgIpc) is 1.67. The minimum Gasteiger partial charge on any atom is -0.304 e. The van der Waals surface area contributed by atoms with Crippen LogP contribution in [-0.4, -0.2) is 19.0 Å². The Hall–Kier alpha value is 0.840. The van der Waals surface area contributed by atoms with Crippen LogP contribution in [0.1, 0.15) is 0 Å². The maximum Gasteiger partial charge on any atom is 0.186 e. The van der Waals surface area contributed by atoms with Crippen LogP contribution in [0.2, 0.25) is 0 Å². The Kier molecular flexibility index (Phi) is 5.19. The quantitative estimate of drug-likeness (QED) is 0.419. The highest BCUT2D eigenvalue weighted by molar-refractivity contribution is 9.09. The molecular formula is C2H5BrClNO2S. The SMILES string of the molecule is O=S(O)C(Cl)NCBr. The van der Waals surface area contributed by atoms with Crippen LogP contribution >= 0.6 is 27.5 Å². The zero-order valence-electron chi connectivity index (χ0n) is 3.80. The molecule has 2 N–H and O–H groups in total. The Morgan fingerprint density at radius 2 is 2.50 bits per heavy atom. The minimum atomic E-state index is -1.99. The van der Waals surface area contributed by atoms with Gasteiger partial charge < -0.3 is 4.55 Å². The van der Waals surface area contributed by atoms with E-state index in [-0.39, 0.29) is 0 Å². The summed E-state index contributed by atoms with van der Waals surface area (Å²) in [5.41, 5.74) is 0.410. The van der Waals surface area contributed by atoms with E-state index in [1.54, 1.807) is 0 Å². The standard InChI is InChI=1S/C2H5BrClNO2S/c3-1-5-2(4)8(6)7/h2,5H,1H2,(H,6,7). The van der Waals surface area contributed by atoms with Crippen LogP contribution in [0.4, 0.5) is 0 Å². The van der Waals surface area contributed by atoms with Crippen molar-refractivity contribution in [2.24, 2.45) is 0 Å². The molecule has 8 heavy (non-hydrogen) atoms. The minimum absolute atomic E-state index is 0.410. The predicted octanol–water partition coefficient (Wildman–Crippen LogP) is 0.672. The van der Waals surface area contributed by atoms with Gasteiger partial charge in [0, 0.05) is 0 Å². The van der Waals surface area contributed by atoms with Crippen molar-refractivity contribution in [1.29, 1.82) is 0 Å². The molecule has 0 aromatic heterocycles. The first kappa shape index (κ1) is 8.84. The zero-order valence-corrected chi connectivity index (χ0v) is 6.96. The van der Waals surface area contributed by atoms with E-state index in [2.05, 4.69) is 21.2 Å². The molecule has 0 radical (unpaired) electrons. The molecule has 0 amide bonds. The van der Waals surface area contributed by atoms with E-state index < -0.39 is 15.9 Å². The number of rotatable bonds is 3. The van der Waals surface area contributed by atoms with Crippen LogP contribution in [0.15, 0.2) is 0 Å². The van der Waals surface area contributed by atoms with Crippen LogP contribution in [0.25, 0.3) is 0 Å². The van der Waals surface area contributed by atoms with E-state index in [0.29, 0.717) is 5.45 Å². The molecule has 50 valence electrons. The van der Waals surface area contributed by atoms with Gasteiger partial charge in [-0.15, -0.1) is 0 Å². The number of halogens is 2. The molecule has 0 bridgehead atoms. The number of hydrogen-bond donors (Lipinski definition) is 2. The summed E-state index contributed by atoms with van der Waals surface area (Å²) in [4.78, 5) is -0.880. The predicted molar refractivity (Wildman–Crippen MR) is 37.3 cm³/mol. The number of nitrogens with one attached hydrogen (secondary N) is 1. The molecule has 0 aromatic rings. The lowest BCUT2D eigenvalue weighted by molar-refractivity contribution is 0.554. The summed E-state index contributed by atoms with van der Waals surface area (Å²) in [6.07, 6.45) is 0. The lowest BCUT2D eigenvalue weighted by Gasteiger charge is -2.01. The smallest absolute Gasteiger partial charge is 0.186 e. The van der Waals surface area contributed by atoms with E-state index in [4.69, 9.17) is 16.2 Å². The second kappa shape index (κ2) is 4.69. The van der Waals surface area contributed by atoms with Gasteiger partial charge in [0.2, 0.25) is 0 Å². The fourth-order valence-electron chi connectivity index (χ4n) is 0.132. The van der Waals surface area contributed by atoms with E-state index in [1.807, 2.05) is 0 Å². The Labute approximate surface area is 63.2 Å². The van der Waals surface area contributed by atoms with Gasteiger partial charge in [-0.25, -0.2) is 4.21 Å². The largest absolute Gasteiger partial charge is 0.304 e. The average molecular weight is 222 g/mol. The van der Waals surface area contributed by atoms with Gasteiger partial charge in [-0.3, -0.25) is 5.32 Å². The van der Waals surface area contributed by atoms with Crippen molar-refractivity contribution >= 4 is 38.6 Å². The summed E-state index contributed by atoms with van der Waals surface area (Å²) >= 11 is 6.22. The fourth-order valence-corrected chi connectivity index (χ4v) is 1.16. The highest BCUT2D eigenvalue weighted by atomic mass is 79.9. The summed E-state index contributed by atoms with van der Waals surface area (Å²) in [6.45, 7) is 0. The molecule has 0 aliphatic rings. The highest BCUT2D eigenvalue weighted by Crippen LogP contribution is 1.94. The van der Waals surface area contributed by atoms with E-state index in [9.17, 15) is 4.21 Å². The van der Waals surface area contributed by atoms with Crippen molar-refractivity contribution in [1.82, 2.24) is 5.32 Å². The zero-order chi connectivity index (χ0) is 6.57. The molecule has 0 spiro atoms. The molecule has 0 rings (SSSR count). The van der Waals surface area contributed by atoms with Crippen LogP contribution in [0.3, 0.4) is 0 Å². The van der Waals surface area contributed by atoms with Crippen molar-refractivity contribution < 1.29 is 8.76 Å². The maximum atomic E-state index is 9.99. The number of hydrogen-bond acceptors (Lipinski definition) is 2. The third-order valence-electron chi connectivity index (χ3n) is 0.415. The lowest BCUT2D eigenvalue weighted by atomic mass is 11.2. The van der Waals surface area contributed by atoms with Crippen molar-refractivity contribution in [3.8, 4) is 0 Å². The van der Waals surface area contributed by atoms with Gasteiger partial charge in [-0.1, -0.05) is 27.5 Å². The van der Waals surface area contributed by atoms with Crippen molar-refractivity contribution in [2.45, 2.75) is 4.83 Å². The van der Waals surface area contributed by atoms with Crippen molar-refractivity contribution in [3.05, 3.63) is 0 Å². The topological polar surface area (TPSA) is 49.3 Å². The maximum absolute atomic E-state index is 9.99. The lowest BCUT2D eigenvalue weighted by Crippen LogP contribution is -2.25. The summed E-state index contributed by atoms with van der Waals surface area (Å²) < 4.78 is 18.2. The molecule has 0 aromatic carbocycles. The second-order valence-corrected chi connectivity index (χ2v) is 3.21. The van der Waals surface area contributed by atoms with Gasteiger partial charge in [0.05, 0.1) is 5.45 Å². The molecule has 0 heterocycles. The molecular weight excluding hydrogens is 217 g/mol. The molecule has 0 saturated heterocycles. The van der Waals surface area contributed by atoms with Crippen molar-refractivity contribution in [2.75, 3.05) is 5.45 Å². The third-order valence-corrected chi connectivity index (χ3v) is 1.87. The van der Waals surface area contributed by atoms with Gasteiger partial charge in [-0.2, -0.15) is 0 Å². The highest BCUT2D eigenvalue weighted by Gasteiger charge is 2.06. The molecule has 0 aliphatic carbocycles. The van der Waals surface area contributed by atoms with Crippen LogP contribution in [0, 0.1) is 0 Å². The Balaban J connectivity index is 3.32. The summed E-state index contributed by atoms with van der Waals surface area (Å²) in [5, 5.41) is 2.48. The van der Waals surface area contributed by atoms with Crippen LogP contribution < -0.4 is 5.32 Å². The molecule has 2 atom stereocenters. The first-order chi connectivity index (χ1) is 3.68. The molecule has 6 heteroatoms. The Bertz CT molecular complexity index is 92.1. The van der Waals surface area contributed by atoms with Gasteiger partial charge in [-0.05, 0) is 0 Å².